The van der Waals surface area contributed by atoms with Crippen molar-refractivity contribution in [1.29, 1.82) is 0 Å². The zero-order valence-corrected chi connectivity index (χ0v) is 21.4. The molecule has 0 saturated heterocycles. The molecule has 0 unspecified atom stereocenters. The number of rotatable bonds is 10. The van der Waals surface area contributed by atoms with E-state index < -0.39 is 34.6 Å². The van der Waals surface area contributed by atoms with Crippen molar-refractivity contribution in [2.24, 2.45) is 23.0 Å². The Balaban J connectivity index is 2.13. The minimum Gasteiger partial charge on any atom is -0.388 e. The van der Waals surface area contributed by atoms with Crippen molar-refractivity contribution < 1.29 is 19.8 Å². The summed E-state index contributed by atoms with van der Waals surface area (Å²) in [6.45, 7) is 8.48. The zero-order chi connectivity index (χ0) is 24.4. The third-order valence-corrected chi connectivity index (χ3v) is 8.61. The van der Waals surface area contributed by atoms with Crippen LogP contribution in [-0.4, -0.2) is 50.2 Å². The van der Waals surface area contributed by atoms with E-state index >= 15 is 0 Å². The van der Waals surface area contributed by atoms with Crippen LogP contribution < -0.4 is 5.73 Å². The van der Waals surface area contributed by atoms with Gasteiger partial charge >= 0.3 is 0 Å². The van der Waals surface area contributed by atoms with Gasteiger partial charge in [0.1, 0.15) is 5.41 Å². The van der Waals surface area contributed by atoms with Crippen LogP contribution >= 0.6 is 0 Å². The van der Waals surface area contributed by atoms with Crippen LogP contribution in [0.4, 0.5) is 0 Å². The maximum absolute atomic E-state index is 14.3. The van der Waals surface area contributed by atoms with Crippen LogP contribution in [0.5, 0.6) is 0 Å². The van der Waals surface area contributed by atoms with Gasteiger partial charge in [-0.1, -0.05) is 66.2 Å². The Hall–Kier alpha value is -1.14. The summed E-state index contributed by atoms with van der Waals surface area (Å²) in [7, 11) is 0. The van der Waals surface area contributed by atoms with Crippen LogP contribution in [0.2, 0.25) is 0 Å². The fourth-order valence-corrected chi connectivity index (χ4v) is 6.51. The zero-order valence-electron chi connectivity index (χ0n) is 21.4. The third kappa shape index (κ3) is 5.58. The molecule has 3 aliphatic rings. The van der Waals surface area contributed by atoms with Gasteiger partial charge in [-0.3, -0.25) is 9.59 Å². The first kappa shape index (κ1) is 26.5. The molecule has 2 atom stereocenters. The minimum atomic E-state index is -1.17. The van der Waals surface area contributed by atoms with Gasteiger partial charge in [0.25, 0.3) is 0 Å². The van der Waals surface area contributed by atoms with E-state index in [0.717, 1.165) is 38.5 Å². The Morgan fingerprint density at radius 3 is 1.36 bits per heavy atom. The van der Waals surface area contributed by atoms with Crippen LogP contribution in [0.25, 0.3) is 0 Å². The molecule has 0 spiro atoms. The summed E-state index contributed by atoms with van der Waals surface area (Å²) >= 11 is 0. The van der Waals surface area contributed by atoms with Crippen molar-refractivity contribution in [2.75, 3.05) is 0 Å². The molecule has 3 saturated carbocycles. The lowest BCUT2D eigenvalue weighted by Gasteiger charge is -2.54. The van der Waals surface area contributed by atoms with Crippen LogP contribution in [-0.2, 0) is 9.59 Å². The Kier molecular flexibility index (Phi) is 8.20. The number of carbonyl (C=O) groups is 2. The van der Waals surface area contributed by atoms with Crippen LogP contribution in [0.15, 0.2) is 0 Å². The van der Waals surface area contributed by atoms with E-state index in [1.54, 1.807) is 0 Å². The summed E-state index contributed by atoms with van der Waals surface area (Å²) in [4.78, 5) is 28.6. The van der Waals surface area contributed by atoms with Crippen LogP contribution in [0.1, 0.15) is 118 Å². The van der Waals surface area contributed by atoms with E-state index in [0.29, 0.717) is 51.4 Å². The van der Waals surface area contributed by atoms with Gasteiger partial charge < -0.3 is 20.8 Å². The second kappa shape index (κ2) is 10.2. The van der Waals surface area contributed by atoms with Gasteiger partial charge in [0.15, 0.2) is 0 Å². The molecule has 0 aromatic heterocycles. The molecule has 33 heavy (non-hydrogen) atoms. The largest absolute Gasteiger partial charge is 0.388 e. The first-order valence-corrected chi connectivity index (χ1v) is 13.5. The first-order chi connectivity index (χ1) is 15.5. The lowest BCUT2D eigenvalue weighted by atomic mass is 9.71. The molecule has 6 nitrogen and oxygen atoms in total. The van der Waals surface area contributed by atoms with Crippen LogP contribution in [0, 0.1) is 17.3 Å². The molecule has 2 amide bonds. The Morgan fingerprint density at radius 2 is 1.09 bits per heavy atom. The molecule has 3 rings (SSSR count). The van der Waals surface area contributed by atoms with E-state index in [-0.39, 0.29) is 17.7 Å². The fraction of sp³-hybridized carbons (Fsp3) is 0.926. The number of amides is 2. The molecule has 3 aliphatic carbocycles. The number of hydrogen-bond acceptors (Lipinski definition) is 4. The molecule has 0 aliphatic heterocycles. The van der Waals surface area contributed by atoms with Gasteiger partial charge in [0.05, 0.1) is 23.3 Å². The van der Waals surface area contributed by atoms with Gasteiger partial charge in [-0.25, -0.2) is 0 Å². The summed E-state index contributed by atoms with van der Waals surface area (Å²) in [5, 5.41) is 24.0. The fourth-order valence-electron chi connectivity index (χ4n) is 6.51. The standard InChI is InChI=1S/C27H48N2O4/c1-19(2)17-21(26(32)11-7-5-8-12-26)29(24(31)25(15-16-25)23(28)30)22(18-20(3)4)27(33)13-9-6-10-14-27/h19-22,32-33H,5-18H2,1-4H3,(H2,28,30)/t21-,22-/m1/s1. The summed E-state index contributed by atoms with van der Waals surface area (Å²) in [5.41, 5.74) is 2.63. The Morgan fingerprint density at radius 1 is 0.727 bits per heavy atom. The second-order valence-electron chi connectivity index (χ2n) is 12.3. The average molecular weight is 465 g/mol. The van der Waals surface area contributed by atoms with E-state index in [1.165, 1.54) is 0 Å². The van der Waals surface area contributed by atoms with Crippen molar-refractivity contribution in [3.63, 3.8) is 0 Å². The van der Waals surface area contributed by atoms with Gasteiger partial charge in [-0.2, -0.15) is 0 Å². The van der Waals surface area contributed by atoms with E-state index in [9.17, 15) is 19.8 Å². The number of carbonyl (C=O) groups excluding carboxylic acids is 2. The normalized spacial score (nSPS) is 25.5. The molecule has 0 aromatic rings. The van der Waals surface area contributed by atoms with Gasteiger partial charge in [0, 0.05) is 0 Å². The predicted molar refractivity (Wildman–Crippen MR) is 130 cm³/mol. The average Bonchev–Trinajstić information content (AvgIpc) is 3.55. The minimum absolute atomic E-state index is 0.246. The maximum Gasteiger partial charge on any atom is 0.238 e. The quantitative estimate of drug-likeness (QED) is 0.419. The smallest absolute Gasteiger partial charge is 0.238 e. The third-order valence-electron chi connectivity index (χ3n) is 8.61. The summed E-state index contributed by atoms with van der Waals surface area (Å²) in [6.07, 6.45) is 10.8. The first-order valence-electron chi connectivity index (χ1n) is 13.5. The molecule has 0 bridgehead atoms. The van der Waals surface area contributed by atoms with E-state index in [1.807, 2.05) is 4.90 Å². The highest BCUT2D eigenvalue weighted by Gasteiger charge is 2.61. The van der Waals surface area contributed by atoms with E-state index in [4.69, 9.17) is 5.73 Å². The van der Waals surface area contributed by atoms with Gasteiger partial charge in [-0.05, 0) is 63.2 Å². The number of hydrogen-bond donors (Lipinski definition) is 3. The molecule has 6 heteroatoms. The molecule has 0 radical (unpaired) electrons. The summed E-state index contributed by atoms with van der Waals surface area (Å²) in [5.74, 6) is -0.277. The SMILES string of the molecule is CC(C)C[C@@H](N(C(=O)C1(C(N)=O)CC1)[C@H](CC(C)C)C1(O)CCCCC1)C1(O)CCCCC1. The predicted octanol–water partition coefficient (Wildman–Crippen LogP) is 4.30. The topological polar surface area (TPSA) is 104 Å². The van der Waals surface area contributed by atoms with Crippen molar-refractivity contribution >= 4 is 11.8 Å². The van der Waals surface area contributed by atoms with Gasteiger partial charge in [-0.15, -0.1) is 0 Å². The summed E-state index contributed by atoms with van der Waals surface area (Å²) < 4.78 is 0. The molecular formula is C27H48N2O4. The molecule has 4 N–H and O–H groups in total. The van der Waals surface area contributed by atoms with Crippen LogP contribution in [0.3, 0.4) is 0 Å². The number of aliphatic hydroxyl groups is 2. The number of nitrogens with zero attached hydrogens (tertiary/aromatic N) is 1. The maximum atomic E-state index is 14.3. The van der Waals surface area contributed by atoms with Crippen molar-refractivity contribution in [1.82, 2.24) is 4.90 Å². The molecule has 190 valence electrons. The monoisotopic (exact) mass is 464 g/mol. The Labute approximate surface area is 200 Å². The molecule has 0 heterocycles. The molecular weight excluding hydrogens is 416 g/mol. The van der Waals surface area contributed by atoms with Crippen molar-refractivity contribution in [2.45, 2.75) is 141 Å². The summed E-state index contributed by atoms with van der Waals surface area (Å²) in [6, 6.07) is -0.839. The van der Waals surface area contributed by atoms with Crippen molar-refractivity contribution in [3.8, 4) is 0 Å². The Bertz CT molecular complexity index is 650. The highest BCUT2D eigenvalue weighted by molar-refractivity contribution is 6.07. The molecule has 3 fully saturated rings. The van der Waals surface area contributed by atoms with Crippen molar-refractivity contribution in [3.05, 3.63) is 0 Å². The van der Waals surface area contributed by atoms with Gasteiger partial charge in [0.2, 0.25) is 11.8 Å². The number of nitrogens with two attached hydrogens (primary N) is 1. The highest BCUT2D eigenvalue weighted by atomic mass is 16.3. The number of primary amides is 1. The lowest BCUT2D eigenvalue weighted by molar-refractivity contribution is -0.174. The molecule has 0 aromatic carbocycles. The van der Waals surface area contributed by atoms with E-state index in [2.05, 4.69) is 27.7 Å². The lowest BCUT2D eigenvalue weighted by Crippen LogP contribution is -2.66. The second-order valence-corrected chi connectivity index (χ2v) is 12.3. The highest BCUT2D eigenvalue weighted by Crippen LogP contribution is 2.51.